The molecule has 1 heterocycles. The van der Waals surface area contributed by atoms with Crippen molar-refractivity contribution < 1.29 is 0 Å². The maximum atomic E-state index is 4.43. The molecule has 0 aliphatic heterocycles. The van der Waals surface area contributed by atoms with E-state index in [0.29, 0.717) is 6.04 Å². The van der Waals surface area contributed by atoms with Gasteiger partial charge in [0, 0.05) is 23.7 Å². The van der Waals surface area contributed by atoms with Crippen molar-refractivity contribution in [3.63, 3.8) is 0 Å². The summed E-state index contributed by atoms with van der Waals surface area (Å²) < 4.78 is 0. The van der Waals surface area contributed by atoms with E-state index in [1.54, 1.807) is 11.3 Å². The SMILES string of the molecule is CCCC(CC)NCc1nc(C)cs1. The first-order valence-corrected chi connectivity index (χ1v) is 6.28. The monoisotopic (exact) mass is 212 g/mol. The van der Waals surface area contributed by atoms with Crippen LogP contribution >= 0.6 is 11.3 Å². The van der Waals surface area contributed by atoms with Gasteiger partial charge in [-0.1, -0.05) is 20.3 Å². The molecule has 3 heteroatoms. The van der Waals surface area contributed by atoms with E-state index in [9.17, 15) is 0 Å². The molecule has 80 valence electrons. The molecular formula is C11H20N2S. The second-order valence-electron chi connectivity index (χ2n) is 3.66. The lowest BCUT2D eigenvalue weighted by molar-refractivity contribution is 0.462. The lowest BCUT2D eigenvalue weighted by Gasteiger charge is -2.14. The zero-order valence-corrected chi connectivity index (χ0v) is 10.2. The summed E-state index contributed by atoms with van der Waals surface area (Å²) in [6, 6.07) is 0.657. The molecule has 14 heavy (non-hydrogen) atoms. The smallest absolute Gasteiger partial charge is 0.107 e. The molecule has 1 rings (SSSR count). The van der Waals surface area contributed by atoms with Crippen molar-refractivity contribution in [3.05, 3.63) is 16.1 Å². The summed E-state index contributed by atoms with van der Waals surface area (Å²) in [6.45, 7) is 7.44. The van der Waals surface area contributed by atoms with Gasteiger partial charge in [0.1, 0.15) is 5.01 Å². The van der Waals surface area contributed by atoms with Crippen LogP contribution in [0, 0.1) is 6.92 Å². The third kappa shape index (κ3) is 3.76. The van der Waals surface area contributed by atoms with Crippen LogP contribution in [0.1, 0.15) is 43.8 Å². The van der Waals surface area contributed by atoms with Crippen LogP contribution in [0.3, 0.4) is 0 Å². The van der Waals surface area contributed by atoms with Gasteiger partial charge < -0.3 is 5.32 Å². The van der Waals surface area contributed by atoms with Gasteiger partial charge in [-0.05, 0) is 19.8 Å². The average molecular weight is 212 g/mol. The molecule has 0 bridgehead atoms. The molecule has 0 fully saturated rings. The van der Waals surface area contributed by atoms with Crippen molar-refractivity contribution in [1.82, 2.24) is 10.3 Å². The number of rotatable bonds is 6. The lowest BCUT2D eigenvalue weighted by atomic mass is 10.1. The molecule has 0 saturated carbocycles. The quantitative estimate of drug-likeness (QED) is 0.783. The predicted molar refractivity (Wildman–Crippen MR) is 62.7 cm³/mol. The standard InChI is InChI=1S/C11H20N2S/c1-4-6-10(5-2)12-7-11-13-9(3)8-14-11/h8,10,12H,4-7H2,1-3H3. The Labute approximate surface area is 90.8 Å². The number of aryl methyl sites for hydroxylation is 1. The van der Waals surface area contributed by atoms with Crippen molar-refractivity contribution >= 4 is 11.3 Å². The first kappa shape index (κ1) is 11.7. The van der Waals surface area contributed by atoms with Crippen LogP contribution in [-0.2, 0) is 6.54 Å². The fourth-order valence-electron chi connectivity index (χ4n) is 1.51. The molecule has 0 spiro atoms. The van der Waals surface area contributed by atoms with Crippen LogP contribution in [0.25, 0.3) is 0 Å². The number of nitrogens with zero attached hydrogens (tertiary/aromatic N) is 1. The second kappa shape index (κ2) is 6.14. The summed E-state index contributed by atoms with van der Waals surface area (Å²) in [5, 5.41) is 6.86. The number of thiazole rings is 1. The van der Waals surface area contributed by atoms with Gasteiger partial charge in [-0.15, -0.1) is 11.3 Å². The Morgan fingerprint density at radius 1 is 1.50 bits per heavy atom. The minimum atomic E-state index is 0.657. The molecule has 1 aromatic rings. The van der Waals surface area contributed by atoms with Gasteiger partial charge in [0.2, 0.25) is 0 Å². The normalized spacial score (nSPS) is 13.1. The maximum absolute atomic E-state index is 4.43. The van der Waals surface area contributed by atoms with E-state index in [0.717, 1.165) is 12.2 Å². The average Bonchev–Trinajstić information content (AvgIpc) is 2.59. The van der Waals surface area contributed by atoms with Crippen molar-refractivity contribution in [2.45, 2.75) is 52.6 Å². The molecule has 1 unspecified atom stereocenters. The zero-order chi connectivity index (χ0) is 10.4. The van der Waals surface area contributed by atoms with Crippen LogP contribution in [0.2, 0.25) is 0 Å². The number of hydrogen-bond donors (Lipinski definition) is 1. The molecule has 0 aromatic carbocycles. The van der Waals surface area contributed by atoms with E-state index in [1.165, 1.54) is 24.3 Å². The fourth-order valence-corrected chi connectivity index (χ4v) is 2.24. The first-order chi connectivity index (χ1) is 6.76. The van der Waals surface area contributed by atoms with E-state index < -0.39 is 0 Å². The van der Waals surface area contributed by atoms with Crippen molar-refractivity contribution in [2.75, 3.05) is 0 Å². The molecule has 1 atom stereocenters. The second-order valence-corrected chi connectivity index (χ2v) is 4.60. The predicted octanol–water partition coefficient (Wildman–Crippen LogP) is 3.12. The number of nitrogens with one attached hydrogen (secondary N) is 1. The molecule has 0 amide bonds. The Hall–Kier alpha value is -0.410. The van der Waals surface area contributed by atoms with E-state index in [-0.39, 0.29) is 0 Å². The number of aromatic nitrogens is 1. The van der Waals surface area contributed by atoms with Crippen LogP contribution in [0.5, 0.6) is 0 Å². The van der Waals surface area contributed by atoms with Crippen LogP contribution < -0.4 is 5.32 Å². The van der Waals surface area contributed by atoms with Gasteiger partial charge in [0.25, 0.3) is 0 Å². The third-order valence-electron chi connectivity index (χ3n) is 2.34. The molecule has 1 aromatic heterocycles. The summed E-state index contributed by atoms with van der Waals surface area (Å²) in [4.78, 5) is 4.43. The Morgan fingerprint density at radius 2 is 2.29 bits per heavy atom. The van der Waals surface area contributed by atoms with Crippen LogP contribution in [-0.4, -0.2) is 11.0 Å². The highest BCUT2D eigenvalue weighted by molar-refractivity contribution is 7.09. The minimum Gasteiger partial charge on any atom is -0.308 e. The highest BCUT2D eigenvalue weighted by atomic mass is 32.1. The summed E-state index contributed by atoms with van der Waals surface area (Å²) in [5.41, 5.74) is 1.13. The molecule has 0 aliphatic carbocycles. The summed E-state index contributed by atoms with van der Waals surface area (Å²) in [5.74, 6) is 0. The van der Waals surface area contributed by atoms with Gasteiger partial charge >= 0.3 is 0 Å². The highest BCUT2D eigenvalue weighted by Gasteiger charge is 2.05. The molecule has 2 nitrogen and oxygen atoms in total. The van der Waals surface area contributed by atoms with E-state index >= 15 is 0 Å². The van der Waals surface area contributed by atoms with Crippen LogP contribution in [0.4, 0.5) is 0 Å². The summed E-state index contributed by atoms with van der Waals surface area (Å²) >= 11 is 1.75. The highest BCUT2D eigenvalue weighted by Crippen LogP contribution is 2.09. The molecule has 0 aliphatic rings. The van der Waals surface area contributed by atoms with Gasteiger partial charge in [-0.3, -0.25) is 0 Å². The Bertz CT molecular complexity index is 258. The largest absolute Gasteiger partial charge is 0.308 e. The van der Waals surface area contributed by atoms with Crippen molar-refractivity contribution in [3.8, 4) is 0 Å². The van der Waals surface area contributed by atoms with Crippen molar-refractivity contribution in [1.29, 1.82) is 0 Å². The zero-order valence-electron chi connectivity index (χ0n) is 9.34. The third-order valence-corrected chi connectivity index (χ3v) is 3.31. The Morgan fingerprint density at radius 3 is 2.79 bits per heavy atom. The van der Waals surface area contributed by atoms with Crippen LogP contribution in [0.15, 0.2) is 5.38 Å². The van der Waals surface area contributed by atoms with Gasteiger partial charge in [0.15, 0.2) is 0 Å². The topological polar surface area (TPSA) is 24.9 Å². The van der Waals surface area contributed by atoms with Gasteiger partial charge in [-0.2, -0.15) is 0 Å². The molecule has 1 N–H and O–H groups in total. The molecular weight excluding hydrogens is 192 g/mol. The molecule has 0 radical (unpaired) electrons. The summed E-state index contributed by atoms with van der Waals surface area (Å²) in [7, 11) is 0. The van der Waals surface area contributed by atoms with Gasteiger partial charge in [0.05, 0.1) is 0 Å². The van der Waals surface area contributed by atoms with E-state index in [2.05, 4.69) is 29.5 Å². The minimum absolute atomic E-state index is 0.657. The van der Waals surface area contributed by atoms with E-state index in [4.69, 9.17) is 0 Å². The summed E-state index contributed by atoms with van der Waals surface area (Å²) in [6.07, 6.45) is 3.72. The Kier molecular flexibility index (Phi) is 5.12. The van der Waals surface area contributed by atoms with Crippen molar-refractivity contribution in [2.24, 2.45) is 0 Å². The lowest BCUT2D eigenvalue weighted by Crippen LogP contribution is -2.27. The number of hydrogen-bond acceptors (Lipinski definition) is 3. The fraction of sp³-hybridized carbons (Fsp3) is 0.727. The van der Waals surface area contributed by atoms with E-state index in [1.807, 2.05) is 6.92 Å². The maximum Gasteiger partial charge on any atom is 0.107 e. The molecule has 0 saturated heterocycles. The first-order valence-electron chi connectivity index (χ1n) is 5.40. The van der Waals surface area contributed by atoms with Gasteiger partial charge in [-0.25, -0.2) is 4.98 Å². The Balaban J connectivity index is 2.31.